The number of methoxy groups -OCH3 is 2. The smallest absolute Gasteiger partial charge is 0.294 e. The first-order chi connectivity index (χ1) is 33.6. The van der Waals surface area contributed by atoms with Gasteiger partial charge in [-0.05, 0) is 58.5 Å². The number of hydrogen-bond donors (Lipinski definition) is 4. The van der Waals surface area contributed by atoms with Crippen LogP contribution >= 0.6 is 0 Å². The number of fused-ring (bicyclic) bond motifs is 2. The molecule has 0 saturated carbocycles. The number of hydrogen-bond acceptors (Lipinski definition) is 18. The van der Waals surface area contributed by atoms with Crippen molar-refractivity contribution in [1.29, 1.82) is 0 Å². The summed E-state index contributed by atoms with van der Waals surface area (Å²) in [5, 5.41) is 36.5. The zero-order valence-electron chi connectivity index (χ0n) is 41.5. The monoisotopic (exact) mass is 955 g/mol. The van der Waals surface area contributed by atoms with E-state index in [1.54, 1.807) is 36.3 Å². The summed E-state index contributed by atoms with van der Waals surface area (Å²) < 4.78 is 14.8. The number of anilines is 7. The molecule has 70 heavy (non-hydrogen) atoms. The highest BCUT2D eigenvalue weighted by Gasteiger charge is 2.23. The first kappa shape index (κ1) is 51.3. The van der Waals surface area contributed by atoms with Crippen LogP contribution in [0.25, 0.3) is 44.6 Å². The number of aliphatic hydroxyl groups excluding tert-OH is 1. The number of aryl methyl sites for hydroxylation is 2. The second-order valence-electron chi connectivity index (χ2n) is 16.6. The van der Waals surface area contributed by atoms with Crippen LogP contribution in [0.3, 0.4) is 0 Å². The summed E-state index contributed by atoms with van der Waals surface area (Å²) in [6.45, 7) is 3.13. The molecule has 0 saturated heterocycles. The molecular weight excluding hydrogens is 893 g/mol. The average Bonchev–Trinajstić information content (AvgIpc) is 3.89. The highest BCUT2D eigenvalue weighted by Crippen LogP contribution is 2.40. The maximum absolute atomic E-state index is 11.9. The van der Waals surface area contributed by atoms with Crippen molar-refractivity contribution >= 4 is 67.8 Å². The van der Waals surface area contributed by atoms with Crippen LogP contribution in [0.4, 0.5) is 46.0 Å². The zero-order chi connectivity index (χ0) is 50.6. The largest absolute Gasteiger partial charge is 0.494 e. The van der Waals surface area contributed by atoms with Crippen LogP contribution < -0.4 is 35.6 Å². The van der Waals surface area contributed by atoms with Gasteiger partial charge in [-0.15, -0.1) is 0 Å². The first-order valence-corrected chi connectivity index (χ1v) is 22.2. The minimum absolute atomic E-state index is 0.0403. The molecule has 0 atom stereocenters. The lowest BCUT2D eigenvalue weighted by Crippen LogP contribution is -2.29. The zero-order valence-corrected chi connectivity index (χ0v) is 41.5. The molecule has 0 unspecified atom stereocenters. The normalized spacial score (nSPS) is 10.9. The molecule has 21 nitrogen and oxygen atoms in total. The van der Waals surface area contributed by atoms with Gasteiger partial charge < -0.3 is 50.5 Å². The highest BCUT2D eigenvalue weighted by molar-refractivity contribution is 5.93. The number of nitro groups is 1. The molecule has 0 bridgehead atoms. The van der Waals surface area contributed by atoms with Crippen molar-refractivity contribution in [3.05, 3.63) is 107 Å². The summed E-state index contributed by atoms with van der Waals surface area (Å²) in [5.41, 5.74) is 14.4. The number of ether oxygens (including phenoxy) is 2. The lowest BCUT2D eigenvalue weighted by Gasteiger charge is -2.24. The molecule has 0 amide bonds. The van der Waals surface area contributed by atoms with E-state index < -0.39 is 4.92 Å². The number of nitrogen functional groups attached to an aromatic ring is 1. The number of nitrogens with one attached hydrogen (secondary N) is 2. The summed E-state index contributed by atoms with van der Waals surface area (Å²) >= 11 is 0. The van der Waals surface area contributed by atoms with E-state index in [0.29, 0.717) is 52.4 Å². The summed E-state index contributed by atoms with van der Waals surface area (Å²) in [4.78, 5) is 37.6. The molecule has 0 aliphatic carbocycles. The Kier molecular flexibility index (Phi) is 17.0. The van der Waals surface area contributed by atoms with Gasteiger partial charge in [0.05, 0.1) is 64.3 Å². The van der Waals surface area contributed by atoms with E-state index >= 15 is 0 Å². The van der Waals surface area contributed by atoms with Crippen molar-refractivity contribution in [1.82, 2.24) is 49.3 Å². The van der Waals surface area contributed by atoms with Crippen LogP contribution in [-0.2, 0) is 14.1 Å². The van der Waals surface area contributed by atoms with E-state index in [9.17, 15) is 10.1 Å². The fourth-order valence-electron chi connectivity index (χ4n) is 7.55. The predicted octanol–water partition coefficient (Wildman–Crippen LogP) is 6.66. The van der Waals surface area contributed by atoms with Gasteiger partial charge in [0, 0.05) is 103 Å². The molecule has 0 fully saturated rings. The van der Waals surface area contributed by atoms with Gasteiger partial charge in [0.15, 0.2) is 0 Å². The molecule has 21 heteroatoms. The van der Waals surface area contributed by atoms with E-state index in [1.165, 1.54) is 13.2 Å². The van der Waals surface area contributed by atoms with Crippen molar-refractivity contribution in [2.24, 2.45) is 14.1 Å². The highest BCUT2D eigenvalue weighted by atomic mass is 16.6. The topological polar surface area (TPSA) is 232 Å². The number of nitrogens with two attached hydrogens (primary N) is 1. The lowest BCUT2D eigenvalue weighted by atomic mass is 10.1. The number of likely N-dealkylation sites (N-methyl/N-ethyl adjacent to an activating group) is 4. The molecule has 0 radical (unpaired) electrons. The fourth-order valence-corrected chi connectivity index (χ4v) is 7.55. The standard InChI is InChI=1S/C24H28N8O3.C24H30N8O.CH4O/c1-29(2)12-13-30(3)20-15-22(35-5)18(14-21(20)32(33)34)27-24-25-11-10-17(26-24)23-16-8-6-7-9-19(16)31(4)28-23;1-30(2)12-13-31(3)21-15-22(33-5)19(14-17(21)25)28-24-26-11-10-18(27-24)23-16-8-6-7-9-20(16)32(4)29-23;1-2/h6-11,14-15H,12-13H2,1-5H3,(H,25,26,27);6-11,14-15H,12-13,25H2,1-5H3,(H,26,27,28);2H,1H3. The van der Waals surface area contributed by atoms with Gasteiger partial charge in [-0.3, -0.25) is 19.5 Å². The van der Waals surface area contributed by atoms with Crippen LogP contribution in [0.2, 0.25) is 0 Å². The number of aromatic nitrogens is 8. The Morgan fingerprint density at radius 1 is 0.643 bits per heavy atom. The molecule has 8 aromatic rings. The van der Waals surface area contributed by atoms with Crippen LogP contribution in [0.5, 0.6) is 11.5 Å². The average molecular weight is 955 g/mol. The Hall–Kier alpha value is -8.14. The molecule has 368 valence electrons. The van der Waals surface area contributed by atoms with Gasteiger partial charge >= 0.3 is 0 Å². The SMILES string of the molecule is CO.COc1cc(N(C)CCN(C)C)c(N)cc1Nc1nccc(-c2nn(C)c3ccccc23)n1.COc1cc(N(C)CCN(C)C)c([N+](=O)[O-])cc1Nc1nccc(-c2nn(C)c3ccccc23)n1. The third-order valence-corrected chi connectivity index (χ3v) is 11.2. The summed E-state index contributed by atoms with van der Waals surface area (Å²) in [7, 11) is 19.8. The third-order valence-electron chi connectivity index (χ3n) is 11.2. The first-order valence-electron chi connectivity index (χ1n) is 22.2. The van der Waals surface area contributed by atoms with Crippen molar-refractivity contribution < 1.29 is 19.5 Å². The number of nitro benzene ring substituents is 1. The van der Waals surface area contributed by atoms with Gasteiger partial charge in [-0.25, -0.2) is 19.9 Å². The Morgan fingerprint density at radius 2 is 1.07 bits per heavy atom. The quantitative estimate of drug-likeness (QED) is 0.0425. The second-order valence-corrected chi connectivity index (χ2v) is 16.6. The van der Waals surface area contributed by atoms with Crippen LogP contribution in [-0.4, -0.2) is 149 Å². The fraction of sp³-hybridized carbons (Fsp3) is 0.306. The molecule has 0 spiro atoms. The van der Waals surface area contributed by atoms with E-state index in [-0.39, 0.29) is 11.6 Å². The summed E-state index contributed by atoms with van der Waals surface area (Å²) in [5.74, 6) is 1.82. The van der Waals surface area contributed by atoms with Crippen molar-refractivity contribution in [3.8, 4) is 34.3 Å². The second kappa shape index (κ2) is 23.2. The third kappa shape index (κ3) is 11.9. The van der Waals surface area contributed by atoms with Crippen molar-refractivity contribution in [2.75, 3.05) is 116 Å². The Labute approximate surface area is 407 Å². The van der Waals surface area contributed by atoms with Gasteiger partial charge in [-0.1, -0.05) is 36.4 Å². The number of nitrogens with zero attached hydrogens (tertiary/aromatic N) is 13. The van der Waals surface area contributed by atoms with Crippen molar-refractivity contribution in [3.63, 3.8) is 0 Å². The number of para-hydroxylation sites is 2. The Morgan fingerprint density at radius 3 is 1.51 bits per heavy atom. The molecular formula is C49H62N16O5. The molecule has 0 aliphatic heterocycles. The summed E-state index contributed by atoms with van der Waals surface area (Å²) in [6.07, 6.45) is 3.34. The maximum Gasteiger partial charge on any atom is 0.294 e. The molecule has 0 aliphatic rings. The van der Waals surface area contributed by atoms with E-state index in [1.807, 2.05) is 138 Å². The predicted molar refractivity (Wildman–Crippen MR) is 279 cm³/mol. The van der Waals surface area contributed by atoms with Crippen LogP contribution in [0.15, 0.2) is 97.3 Å². The van der Waals surface area contributed by atoms with E-state index in [2.05, 4.69) is 45.6 Å². The van der Waals surface area contributed by atoms with Gasteiger partial charge in [0.2, 0.25) is 11.9 Å². The number of rotatable bonds is 17. The lowest BCUT2D eigenvalue weighted by molar-refractivity contribution is -0.384. The van der Waals surface area contributed by atoms with Gasteiger partial charge in [0.25, 0.3) is 5.69 Å². The Balaban J connectivity index is 0.000000222. The number of benzene rings is 4. The van der Waals surface area contributed by atoms with Gasteiger partial charge in [-0.2, -0.15) is 10.2 Å². The number of aliphatic hydroxyl groups is 1. The molecule has 4 heterocycles. The molecule has 5 N–H and O–H groups in total. The van der Waals surface area contributed by atoms with E-state index in [4.69, 9.17) is 25.3 Å². The maximum atomic E-state index is 11.9. The Bertz CT molecular complexity index is 3050. The summed E-state index contributed by atoms with van der Waals surface area (Å²) in [6, 6.07) is 26.5. The molecule has 4 aromatic carbocycles. The van der Waals surface area contributed by atoms with Crippen LogP contribution in [0, 0.1) is 10.1 Å². The van der Waals surface area contributed by atoms with Crippen molar-refractivity contribution in [2.45, 2.75) is 0 Å². The van der Waals surface area contributed by atoms with Gasteiger partial charge in [0.1, 0.15) is 28.6 Å². The molecule has 8 rings (SSSR count). The van der Waals surface area contributed by atoms with E-state index in [0.717, 1.165) is 71.3 Å². The minimum atomic E-state index is -0.399. The molecule has 4 aromatic heterocycles. The van der Waals surface area contributed by atoms with Crippen LogP contribution in [0.1, 0.15) is 0 Å². The minimum Gasteiger partial charge on any atom is -0.494 e.